The number of aliphatic hydroxyl groups excluding tert-OH is 1. The molecule has 0 radical (unpaired) electrons. The summed E-state index contributed by atoms with van der Waals surface area (Å²) in [7, 11) is 0. The van der Waals surface area contributed by atoms with Gasteiger partial charge < -0.3 is 26.6 Å². The number of nitrogens with zero attached hydrogens (tertiary/aromatic N) is 1. The lowest BCUT2D eigenvalue weighted by Crippen LogP contribution is -2.25. The highest BCUT2D eigenvalue weighted by Gasteiger charge is 2.22. The summed E-state index contributed by atoms with van der Waals surface area (Å²) < 4.78 is 37.4. The van der Waals surface area contributed by atoms with Gasteiger partial charge in [-0.1, -0.05) is 22.9 Å². The largest absolute Gasteiger partial charge is 0.471 e. The molecule has 2 amide bonds. The molecule has 2 unspecified atom stereocenters. The summed E-state index contributed by atoms with van der Waals surface area (Å²) in [6.07, 6.45) is -0.366. The lowest BCUT2D eigenvalue weighted by atomic mass is 10.00. The minimum absolute atomic E-state index is 0.0565. The molecule has 2 aromatic rings. The number of halogens is 3. The molecule has 0 fully saturated rings. The molecule has 2 atom stereocenters. The predicted molar refractivity (Wildman–Crippen MR) is 111 cm³/mol. The van der Waals surface area contributed by atoms with E-state index in [0.29, 0.717) is 6.42 Å². The van der Waals surface area contributed by atoms with Gasteiger partial charge in [0.15, 0.2) is 0 Å². The normalized spacial score (nSPS) is 13.0. The highest BCUT2D eigenvalue weighted by molar-refractivity contribution is 9.10. The number of nitrogens with two attached hydrogens (primary N) is 2. The maximum Gasteiger partial charge on any atom is 0.257 e. The average Bonchev–Trinajstić information content (AvgIpc) is 3.01. The van der Waals surface area contributed by atoms with E-state index in [0.717, 1.165) is 23.7 Å². The Labute approximate surface area is 183 Å². The van der Waals surface area contributed by atoms with Crippen molar-refractivity contribution in [3.63, 3.8) is 0 Å². The van der Waals surface area contributed by atoms with Crippen LogP contribution in [0.5, 0.6) is 5.88 Å². The van der Waals surface area contributed by atoms with Gasteiger partial charge in [-0.2, -0.15) is 4.37 Å². The van der Waals surface area contributed by atoms with E-state index in [1.165, 1.54) is 0 Å². The number of carbonyl (C=O) groups is 2. The van der Waals surface area contributed by atoms with Gasteiger partial charge in [-0.3, -0.25) is 9.59 Å². The van der Waals surface area contributed by atoms with Crippen molar-refractivity contribution in [2.75, 3.05) is 11.9 Å². The second kappa shape index (κ2) is 10.6. The number of hydrogen-bond donors (Lipinski definition) is 4. The van der Waals surface area contributed by atoms with E-state index in [9.17, 15) is 23.5 Å². The van der Waals surface area contributed by atoms with Gasteiger partial charge >= 0.3 is 0 Å². The van der Waals surface area contributed by atoms with Gasteiger partial charge in [-0.15, -0.1) is 0 Å². The number of carbonyl (C=O) groups excluding carboxylic acids is 2. The van der Waals surface area contributed by atoms with Crippen molar-refractivity contribution in [1.82, 2.24) is 4.37 Å². The van der Waals surface area contributed by atoms with Crippen molar-refractivity contribution in [2.24, 2.45) is 17.4 Å². The van der Waals surface area contributed by atoms with E-state index in [1.807, 2.05) is 0 Å². The SMILES string of the molecule is CC(CC(N)=O)CC(O)CNc1snc(OCc2c(F)cc(Br)cc2F)c1C(N)=O. The van der Waals surface area contributed by atoms with Gasteiger partial charge in [0.2, 0.25) is 11.8 Å². The number of aromatic nitrogens is 1. The van der Waals surface area contributed by atoms with E-state index in [4.69, 9.17) is 16.2 Å². The fourth-order valence-electron chi connectivity index (χ4n) is 2.75. The zero-order valence-corrected chi connectivity index (χ0v) is 18.4. The molecule has 0 spiro atoms. The number of ether oxygens (including phenoxy) is 1. The number of aliphatic hydroxyl groups is 1. The predicted octanol–water partition coefficient (Wildman–Crippen LogP) is 2.54. The summed E-state index contributed by atoms with van der Waals surface area (Å²) in [6.45, 7) is 1.34. The van der Waals surface area contributed by atoms with Crippen molar-refractivity contribution < 1.29 is 28.2 Å². The average molecular weight is 507 g/mol. The first kappa shape index (κ1) is 24.0. The molecule has 8 nitrogen and oxygen atoms in total. The van der Waals surface area contributed by atoms with Crippen molar-refractivity contribution in [1.29, 1.82) is 0 Å². The van der Waals surface area contributed by atoms with Crippen molar-refractivity contribution in [3.05, 3.63) is 39.4 Å². The van der Waals surface area contributed by atoms with Gasteiger partial charge in [-0.25, -0.2) is 8.78 Å². The zero-order valence-electron chi connectivity index (χ0n) is 16.0. The summed E-state index contributed by atoms with van der Waals surface area (Å²) in [5.41, 5.74) is 10.1. The molecule has 0 aliphatic heterocycles. The number of hydrogen-bond acceptors (Lipinski definition) is 7. The quantitative estimate of drug-likeness (QED) is 0.369. The highest BCUT2D eigenvalue weighted by atomic mass is 79.9. The van der Waals surface area contributed by atoms with Crippen molar-refractivity contribution >= 4 is 44.3 Å². The Morgan fingerprint density at radius 3 is 2.53 bits per heavy atom. The Kier molecular flexibility index (Phi) is 8.50. The summed E-state index contributed by atoms with van der Waals surface area (Å²) in [5, 5.41) is 13.2. The Morgan fingerprint density at radius 2 is 1.97 bits per heavy atom. The molecule has 0 saturated carbocycles. The Hall–Kier alpha value is -2.31. The second-order valence-corrected chi connectivity index (χ2v) is 8.43. The second-order valence-electron chi connectivity index (χ2n) is 6.74. The molecular formula is C18H21BrF2N4O4S. The van der Waals surface area contributed by atoms with Crippen LogP contribution in [0.15, 0.2) is 16.6 Å². The van der Waals surface area contributed by atoms with E-state index >= 15 is 0 Å². The van der Waals surface area contributed by atoms with Crippen LogP contribution in [-0.4, -0.2) is 33.9 Å². The van der Waals surface area contributed by atoms with Gasteiger partial charge in [0.05, 0.1) is 11.7 Å². The van der Waals surface area contributed by atoms with E-state index in [-0.39, 0.29) is 45.4 Å². The van der Waals surface area contributed by atoms with Crippen LogP contribution in [0.2, 0.25) is 0 Å². The fourth-order valence-corrected chi connectivity index (χ4v) is 3.89. The minimum atomic E-state index is -0.852. The van der Waals surface area contributed by atoms with Crippen LogP contribution >= 0.6 is 27.5 Å². The first-order valence-corrected chi connectivity index (χ1v) is 10.4. The van der Waals surface area contributed by atoms with Crippen LogP contribution in [0.4, 0.5) is 13.8 Å². The lowest BCUT2D eigenvalue weighted by Gasteiger charge is -2.16. The lowest BCUT2D eigenvalue weighted by molar-refractivity contribution is -0.118. The zero-order chi connectivity index (χ0) is 22.4. The Morgan fingerprint density at radius 1 is 1.33 bits per heavy atom. The van der Waals surface area contributed by atoms with Gasteiger partial charge in [-0.05, 0) is 36.0 Å². The number of benzene rings is 1. The molecule has 1 aromatic carbocycles. The summed E-state index contributed by atoms with van der Waals surface area (Å²) in [6, 6.07) is 2.18. The van der Waals surface area contributed by atoms with Gasteiger partial charge in [0.1, 0.15) is 28.8 Å². The first-order chi connectivity index (χ1) is 14.1. The molecule has 1 aromatic heterocycles. The Balaban J connectivity index is 2.05. The first-order valence-electron chi connectivity index (χ1n) is 8.84. The van der Waals surface area contributed by atoms with Crippen molar-refractivity contribution in [3.8, 4) is 5.88 Å². The smallest absolute Gasteiger partial charge is 0.257 e. The van der Waals surface area contributed by atoms with E-state index in [1.54, 1.807) is 6.92 Å². The van der Waals surface area contributed by atoms with Crippen LogP contribution in [0.25, 0.3) is 0 Å². The summed E-state index contributed by atoms with van der Waals surface area (Å²) in [5.74, 6) is -3.23. The molecule has 164 valence electrons. The van der Waals surface area contributed by atoms with Gasteiger partial charge in [0.25, 0.3) is 5.91 Å². The van der Waals surface area contributed by atoms with Crippen LogP contribution in [0.3, 0.4) is 0 Å². The third-order valence-corrected chi connectivity index (χ3v) is 5.33. The molecule has 1 heterocycles. The van der Waals surface area contributed by atoms with Crippen LogP contribution in [0.1, 0.15) is 35.7 Å². The molecule has 0 bridgehead atoms. The highest BCUT2D eigenvalue weighted by Crippen LogP contribution is 2.31. The van der Waals surface area contributed by atoms with E-state index < -0.39 is 36.2 Å². The Bertz CT molecular complexity index is 905. The molecule has 0 aliphatic carbocycles. The minimum Gasteiger partial charge on any atom is -0.471 e. The number of anilines is 1. The maximum atomic E-state index is 13.9. The third-order valence-electron chi connectivity index (χ3n) is 4.09. The molecule has 0 aliphatic rings. The number of nitrogens with one attached hydrogen (secondary N) is 1. The fraction of sp³-hybridized carbons (Fsp3) is 0.389. The summed E-state index contributed by atoms with van der Waals surface area (Å²) >= 11 is 3.84. The monoisotopic (exact) mass is 506 g/mol. The molecule has 30 heavy (non-hydrogen) atoms. The molecule has 6 N–H and O–H groups in total. The summed E-state index contributed by atoms with van der Waals surface area (Å²) in [4.78, 5) is 22.8. The standard InChI is InChI=1S/C18H21BrF2N4O4S/c1-8(3-14(22)27)2-10(26)6-24-18-15(16(23)28)17(25-30-18)29-7-11-12(20)4-9(19)5-13(11)21/h4-5,8,10,24,26H,2-3,6-7H2,1H3,(H2,22,27)(H2,23,28). The number of rotatable bonds is 11. The topological polar surface area (TPSA) is 141 Å². The molecule has 2 rings (SSSR count). The number of amides is 2. The van der Waals surface area contributed by atoms with E-state index in [2.05, 4.69) is 25.6 Å². The number of primary amides is 2. The van der Waals surface area contributed by atoms with Crippen LogP contribution < -0.4 is 21.5 Å². The molecule has 0 saturated heterocycles. The maximum absolute atomic E-state index is 13.9. The van der Waals surface area contributed by atoms with Crippen LogP contribution in [0, 0.1) is 17.6 Å². The van der Waals surface area contributed by atoms with Crippen molar-refractivity contribution in [2.45, 2.75) is 32.5 Å². The van der Waals surface area contributed by atoms with Gasteiger partial charge in [0, 0.05) is 17.4 Å². The van der Waals surface area contributed by atoms with Crippen LogP contribution in [-0.2, 0) is 11.4 Å². The molecular weight excluding hydrogens is 486 g/mol. The third kappa shape index (κ3) is 6.61. The molecule has 12 heteroatoms.